The zero-order chi connectivity index (χ0) is 15.8. The molecule has 1 rings (SSSR count). The lowest BCUT2D eigenvalue weighted by Crippen LogP contribution is -2.37. The Labute approximate surface area is 124 Å². The monoisotopic (exact) mass is 298 g/mol. The Morgan fingerprint density at radius 2 is 2.14 bits per heavy atom. The van der Waals surface area contributed by atoms with Crippen molar-refractivity contribution >= 4 is 5.91 Å². The minimum Gasteiger partial charge on any atom is -0.481 e. The van der Waals surface area contributed by atoms with Crippen LogP contribution >= 0.6 is 0 Å². The van der Waals surface area contributed by atoms with Crippen LogP contribution in [0.1, 0.15) is 31.9 Å². The number of benzene rings is 1. The van der Waals surface area contributed by atoms with Crippen molar-refractivity contribution < 1.29 is 18.7 Å². The highest BCUT2D eigenvalue weighted by Gasteiger charge is 2.17. The van der Waals surface area contributed by atoms with Gasteiger partial charge in [-0.1, -0.05) is 0 Å². The molecule has 5 nitrogen and oxygen atoms in total. The van der Waals surface area contributed by atoms with Crippen LogP contribution in [0, 0.1) is 5.82 Å². The van der Waals surface area contributed by atoms with E-state index in [1.807, 2.05) is 0 Å². The third-order valence-electron chi connectivity index (χ3n) is 2.96. The van der Waals surface area contributed by atoms with Gasteiger partial charge in [-0.05, 0) is 38.5 Å². The summed E-state index contributed by atoms with van der Waals surface area (Å²) in [4.78, 5) is 11.9. The second-order valence-corrected chi connectivity index (χ2v) is 4.87. The highest BCUT2D eigenvalue weighted by molar-refractivity contribution is 5.80. The van der Waals surface area contributed by atoms with Gasteiger partial charge in [-0.15, -0.1) is 0 Å². The van der Waals surface area contributed by atoms with Gasteiger partial charge in [0.15, 0.2) is 6.10 Å². The van der Waals surface area contributed by atoms with Crippen LogP contribution in [0.5, 0.6) is 5.75 Å². The summed E-state index contributed by atoms with van der Waals surface area (Å²) in [6.45, 7) is 4.48. The van der Waals surface area contributed by atoms with E-state index in [1.54, 1.807) is 21.0 Å². The number of ether oxygens (including phenoxy) is 2. The summed E-state index contributed by atoms with van der Waals surface area (Å²) < 4.78 is 23.7. The van der Waals surface area contributed by atoms with Crippen LogP contribution in [-0.2, 0) is 9.53 Å². The molecule has 0 aliphatic rings. The predicted molar refractivity (Wildman–Crippen MR) is 78.6 cm³/mol. The van der Waals surface area contributed by atoms with Crippen LogP contribution in [0.2, 0.25) is 0 Å². The first-order valence-corrected chi connectivity index (χ1v) is 6.94. The highest BCUT2D eigenvalue weighted by Crippen LogP contribution is 2.25. The molecule has 0 heterocycles. The summed E-state index contributed by atoms with van der Waals surface area (Å²) in [7, 11) is 1.61. The second kappa shape index (κ2) is 8.59. The summed E-state index contributed by atoms with van der Waals surface area (Å²) in [6, 6.07) is 3.71. The molecule has 0 spiro atoms. The average molecular weight is 298 g/mol. The van der Waals surface area contributed by atoms with E-state index in [9.17, 15) is 9.18 Å². The van der Waals surface area contributed by atoms with Crippen LogP contribution < -0.4 is 15.8 Å². The first-order chi connectivity index (χ1) is 9.95. The Morgan fingerprint density at radius 1 is 1.43 bits per heavy atom. The molecule has 3 N–H and O–H groups in total. The molecule has 118 valence electrons. The fraction of sp³-hybridized carbons (Fsp3) is 0.533. The molecule has 0 bridgehead atoms. The molecule has 2 atom stereocenters. The van der Waals surface area contributed by atoms with Crippen LogP contribution in [0.4, 0.5) is 4.39 Å². The smallest absolute Gasteiger partial charge is 0.260 e. The van der Waals surface area contributed by atoms with Crippen LogP contribution in [0.25, 0.3) is 0 Å². The lowest BCUT2D eigenvalue weighted by Gasteiger charge is -2.18. The molecule has 1 aromatic carbocycles. The average Bonchev–Trinajstić information content (AvgIpc) is 2.44. The quantitative estimate of drug-likeness (QED) is 0.717. The number of halogens is 1. The van der Waals surface area contributed by atoms with Crippen LogP contribution in [0.15, 0.2) is 18.2 Å². The molecule has 0 aliphatic carbocycles. The molecule has 0 fully saturated rings. The lowest BCUT2D eigenvalue weighted by atomic mass is 10.1. The lowest BCUT2D eigenvalue weighted by molar-refractivity contribution is -0.127. The topological polar surface area (TPSA) is 73.6 Å². The van der Waals surface area contributed by atoms with E-state index in [-0.39, 0.29) is 17.8 Å². The van der Waals surface area contributed by atoms with Gasteiger partial charge in [-0.3, -0.25) is 4.79 Å². The predicted octanol–water partition coefficient (Wildman–Crippen LogP) is 1.77. The van der Waals surface area contributed by atoms with Gasteiger partial charge < -0.3 is 20.5 Å². The molecule has 0 radical (unpaired) electrons. The maximum atomic E-state index is 13.2. The number of rotatable bonds is 8. The third kappa shape index (κ3) is 5.69. The van der Waals surface area contributed by atoms with Gasteiger partial charge in [0.25, 0.3) is 5.91 Å². The minimum atomic E-state index is -0.685. The van der Waals surface area contributed by atoms with Crippen molar-refractivity contribution in [2.24, 2.45) is 5.73 Å². The number of hydrogen-bond donors (Lipinski definition) is 2. The Morgan fingerprint density at radius 3 is 2.76 bits per heavy atom. The van der Waals surface area contributed by atoms with Gasteiger partial charge >= 0.3 is 0 Å². The molecule has 0 saturated heterocycles. The van der Waals surface area contributed by atoms with Gasteiger partial charge in [0.2, 0.25) is 0 Å². The number of nitrogens with two attached hydrogens (primary N) is 1. The molecule has 1 unspecified atom stereocenters. The van der Waals surface area contributed by atoms with Crippen molar-refractivity contribution in [3.8, 4) is 5.75 Å². The summed E-state index contributed by atoms with van der Waals surface area (Å²) >= 11 is 0. The van der Waals surface area contributed by atoms with E-state index in [2.05, 4.69) is 5.32 Å². The maximum Gasteiger partial charge on any atom is 0.260 e. The van der Waals surface area contributed by atoms with Gasteiger partial charge in [-0.25, -0.2) is 4.39 Å². The summed E-state index contributed by atoms with van der Waals surface area (Å²) in [5.41, 5.74) is 6.32. The highest BCUT2D eigenvalue weighted by atomic mass is 19.1. The van der Waals surface area contributed by atoms with E-state index in [1.165, 1.54) is 18.2 Å². The summed E-state index contributed by atoms with van der Waals surface area (Å²) in [5.74, 6) is -0.191. The second-order valence-electron chi connectivity index (χ2n) is 4.87. The molecule has 0 aliphatic heterocycles. The minimum absolute atomic E-state index is 0.231. The van der Waals surface area contributed by atoms with Gasteiger partial charge in [-0.2, -0.15) is 0 Å². The Balaban J connectivity index is 2.61. The first-order valence-electron chi connectivity index (χ1n) is 6.94. The van der Waals surface area contributed by atoms with Crippen molar-refractivity contribution in [3.05, 3.63) is 29.6 Å². The van der Waals surface area contributed by atoms with E-state index >= 15 is 0 Å². The Kier molecular flexibility index (Phi) is 7.11. The maximum absolute atomic E-state index is 13.2. The number of nitrogens with one attached hydrogen (secondary N) is 1. The number of methoxy groups -OCH3 is 1. The summed E-state index contributed by atoms with van der Waals surface area (Å²) in [5, 5.41) is 2.75. The standard InChI is InChI=1S/C15H23FN2O3/c1-10(17)13-9-12(16)5-6-14(13)21-11(2)15(19)18-7-4-8-20-3/h5-6,9-11H,4,7-8,17H2,1-3H3,(H,18,19)/t10-,11?/m1/s1. The number of amides is 1. The van der Waals surface area contributed by atoms with Crippen molar-refractivity contribution in [1.82, 2.24) is 5.32 Å². The largest absolute Gasteiger partial charge is 0.481 e. The molecule has 0 saturated carbocycles. The van der Waals surface area contributed by atoms with E-state index in [0.29, 0.717) is 24.5 Å². The molecular formula is C15H23FN2O3. The van der Waals surface area contributed by atoms with Gasteiger partial charge in [0, 0.05) is 31.9 Å². The normalized spacial score (nSPS) is 13.6. The first kappa shape index (κ1) is 17.4. The van der Waals surface area contributed by atoms with Crippen LogP contribution in [0.3, 0.4) is 0 Å². The van der Waals surface area contributed by atoms with Gasteiger partial charge in [0.05, 0.1) is 0 Å². The van der Waals surface area contributed by atoms with E-state index < -0.39 is 6.10 Å². The third-order valence-corrected chi connectivity index (χ3v) is 2.96. The fourth-order valence-electron chi connectivity index (χ4n) is 1.80. The van der Waals surface area contributed by atoms with Gasteiger partial charge in [0.1, 0.15) is 11.6 Å². The van der Waals surface area contributed by atoms with Crippen molar-refractivity contribution in [2.75, 3.05) is 20.3 Å². The zero-order valence-electron chi connectivity index (χ0n) is 12.7. The van der Waals surface area contributed by atoms with E-state index in [0.717, 1.165) is 6.42 Å². The zero-order valence-corrected chi connectivity index (χ0v) is 12.7. The number of carbonyl (C=O) groups excluding carboxylic acids is 1. The molecular weight excluding hydrogens is 275 g/mol. The Hall–Kier alpha value is -1.66. The molecule has 21 heavy (non-hydrogen) atoms. The molecule has 1 aromatic rings. The fourth-order valence-corrected chi connectivity index (χ4v) is 1.80. The molecule has 6 heteroatoms. The van der Waals surface area contributed by atoms with Crippen molar-refractivity contribution in [1.29, 1.82) is 0 Å². The Bertz CT molecular complexity index is 466. The molecule has 0 aromatic heterocycles. The SMILES string of the molecule is COCCCNC(=O)C(C)Oc1ccc(F)cc1[C@@H](C)N. The van der Waals surface area contributed by atoms with Crippen LogP contribution in [-0.4, -0.2) is 32.3 Å². The number of hydrogen-bond acceptors (Lipinski definition) is 4. The molecule has 1 amide bonds. The summed E-state index contributed by atoms with van der Waals surface area (Å²) in [6.07, 6.45) is 0.0480. The van der Waals surface area contributed by atoms with Crippen molar-refractivity contribution in [2.45, 2.75) is 32.4 Å². The van der Waals surface area contributed by atoms with Crippen molar-refractivity contribution in [3.63, 3.8) is 0 Å². The van der Waals surface area contributed by atoms with E-state index in [4.69, 9.17) is 15.2 Å². The number of carbonyl (C=O) groups is 1.